The highest BCUT2D eigenvalue weighted by Gasteiger charge is 2.11. The van der Waals surface area contributed by atoms with E-state index in [-0.39, 0.29) is 17.5 Å². The SMILES string of the molecule is CC(=O)Nc1ccc(NC(=O)c2cc(Nc3ccccc3)nc(C)n2)cc1. The molecule has 0 atom stereocenters. The molecule has 0 radical (unpaired) electrons. The maximum Gasteiger partial charge on any atom is 0.274 e. The summed E-state index contributed by atoms with van der Waals surface area (Å²) in [5.41, 5.74) is 2.39. The number of rotatable bonds is 5. The number of para-hydroxylation sites is 1. The zero-order valence-corrected chi connectivity index (χ0v) is 15.0. The van der Waals surface area contributed by atoms with Crippen molar-refractivity contribution < 1.29 is 9.59 Å². The molecule has 1 heterocycles. The molecule has 0 aliphatic carbocycles. The molecule has 0 aliphatic rings. The molecule has 7 heteroatoms. The van der Waals surface area contributed by atoms with E-state index in [0.29, 0.717) is 23.0 Å². The molecule has 0 unspecified atom stereocenters. The maximum absolute atomic E-state index is 12.5. The molecule has 0 aliphatic heterocycles. The van der Waals surface area contributed by atoms with Crippen molar-refractivity contribution >= 4 is 34.7 Å². The summed E-state index contributed by atoms with van der Waals surface area (Å²) in [6.07, 6.45) is 0. The Bertz CT molecular complexity index is 956. The van der Waals surface area contributed by atoms with Crippen molar-refractivity contribution in [1.82, 2.24) is 9.97 Å². The molecule has 0 saturated carbocycles. The maximum atomic E-state index is 12.5. The summed E-state index contributed by atoms with van der Waals surface area (Å²) in [6, 6.07) is 18.0. The van der Waals surface area contributed by atoms with Gasteiger partial charge >= 0.3 is 0 Å². The third-order valence-electron chi connectivity index (χ3n) is 3.58. The Morgan fingerprint density at radius 3 is 2.07 bits per heavy atom. The van der Waals surface area contributed by atoms with E-state index in [4.69, 9.17) is 0 Å². The minimum Gasteiger partial charge on any atom is -0.340 e. The predicted octanol–water partition coefficient (Wildman–Crippen LogP) is 3.74. The third-order valence-corrected chi connectivity index (χ3v) is 3.58. The van der Waals surface area contributed by atoms with Gasteiger partial charge in [-0.25, -0.2) is 9.97 Å². The number of aryl methyl sites for hydroxylation is 1. The lowest BCUT2D eigenvalue weighted by molar-refractivity contribution is -0.114. The van der Waals surface area contributed by atoms with Crippen LogP contribution in [0.15, 0.2) is 60.7 Å². The van der Waals surface area contributed by atoms with Gasteiger partial charge in [-0.15, -0.1) is 0 Å². The van der Waals surface area contributed by atoms with Crippen LogP contribution in [0, 0.1) is 6.92 Å². The number of nitrogens with zero attached hydrogens (tertiary/aromatic N) is 2. The van der Waals surface area contributed by atoms with Gasteiger partial charge in [0.2, 0.25) is 5.91 Å². The smallest absolute Gasteiger partial charge is 0.274 e. The molecule has 1 aromatic heterocycles. The summed E-state index contributed by atoms with van der Waals surface area (Å²) < 4.78 is 0. The number of amides is 2. The van der Waals surface area contributed by atoms with Gasteiger partial charge < -0.3 is 16.0 Å². The molecule has 2 aromatic carbocycles. The van der Waals surface area contributed by atoms with Gasteiger partial charge in [-0.1, -0.05) is 18.2 Å². The first kappa shape index (κ1) is 18.1. The summed E-state index contributed by atoms with van der Waals surface area (Å²) in [6.45, 7) is 3.17. The molecular weight excluding hydrogens is 342 g/mol. The highest BCUT2D eigenvalue weighted by atomic mass is 16.2. The number of hydrogen-bond acceptors (Lipinski definition) is 5. The summed E-state index contributed by atoms with van der Waals surface area (Å²) in [5.74, 6) is 0.535. The van der Waals surface area contributed by atoms with Gasteiger partial charge in [0, 0.05) is 30.1 Å². The van der Waals surface area contributed by atoms with Crippen molar-refractivity contribution in [2.45, 2.75) is 13.8 Å². The van der Waals surface area contributed by atoms with Crippen molar-refractivity contribution in [3.8, 4) is 0 Å². The van der Waals surface area contributed by atoms with Gasteiger partial charge in [0.25, 0.3) is 5.91 Å². The van der Waals surface area contributed by atoms with E-state index >= 15 is 0 Å². The number of carbonyl (C=O) groups is 2. The number of anilines is 4. The lowest BCUT2D eigenvalue weighted by Crippen LogP contribution is -2.15. The minimum absolute atomic E-state index is 0.151. The monoisotopic (exact) mass is 361 g/mol. The van der Waals surface area contributed by atoms with Crippen LogP contribution in [-0.4, -0.2) is 21.8 Å². The van der Waals surface area contributed by atoms with Crippen molar-refractivity contribution in [3.05, 3.63) is 72.2 Å². The Kier molecular flexibility index (Phi) is 5.41. The van der Waals surface area contributed by atoms with Crippen LogP contribution in [0.4, 0.5) is 22.9 Å². The molecule has 0 saturated heterocycles. The molecule has 2 amide bonds. The van der Waals surface area contributed by atoms with Crippen LogP contribution in [0.5, 0.6) is 0 Å². The van der Waals surface area contributed by atoms with Crippen LogP contribution < -0.4 is 16.0 Å². The molecular formula is C20H19N5O2. The number of aromatic nitrogens is 2. The minimum atomic E-state index is -0.344. The van der Waals surface area contributed by atoms with Crippen LogP contribution in [0.1, 0.15) is 23.2 Å². The lowest BCUT2D eigenvalue weighted by atomic mass is 10.2. The van der Waals surface area contributed by atoms with Crippen LogP contribution in [0.2, 0.25) is 0 Å². The Balaban J connectivity index is 1.73. The quantitative estimate of drug-likeness (QED) is 0.643. The Morgan fingerprint density at radius 1 is 0.815 bits per heavy atom. The summed E-state index contributed by atoms with van der Waals surface area (Å²) in [7, 11) is 0. The molecule has 3 N–H and O–H groups in total. The lowest BCUT2D eigenvalue weighted by Gasteiger charge is -2.10. The fourth-order valence-electron chi connectivity index (χ4n) is 2.45. The van der Waals surface area contributed by atoms with E-state index in [2.05, 4.69) is 25.9 Å². The standard InChI is InChI=1S/C20H19N5O2/c1-13-21-18(12-19(22-13)24-15-6-4-3-5-7-15)20(27)25-17-10-8-16(9-11-17)23-14(2)26/h3-12H,1-2H3,(H,23,26)(H,25,27)(H,21,22,24). The summed E-state index contributed by atoms with van der Waals surface area (Å²) in [5, 5.41) is 8.62. The number of hydrogen-bond donors (Lipinski definition) is 3. The van der Waals surface area contributed by atoms with Crippen LogP contribution >= 0.6 is 0 Å². The van der Waals surface area contributed by atoms with Gasteiger partial charge in [0.15, 0.2) is 0 Å². The molecule has 7 nitrogen and oxygen atoms in total. The number of carbonyl (C=O) groups excluding carboxylic acids is 2. The van der Waals surface area contributed by atoms with E-state index in [1.807, 2.05) is 30.3 Å². The van der Waals surface area contributed by atoms with E-state index in [0.717, 1.165) is 5.69 Å². The van der Waals surface area contributed by atoms with Gasteiger partial charge in [0.05, 0.1) is 0 Å². The molecule has 0 spiro atoms. The summed E-state index contributed by atoms with van der Waals surface area (Å²) >= 11 is 0. The Morgan fingerprint density at radius 2 is 1.44 bits per heavy atom. The summed E-state index contributed by atoms with van der Waals surface area (Å²) in [4.78, 5) is 32.1. The Hall–Kier alpha value is -3.74. The van der Waals surface area contributed by atoms with E-state index < -0.39 is 0 Å². The third kappa shape index (κ3) is 5.12. The predicted molar refractivity (Wildman–Crippen MR) is 105 cm³/mol. The Labute approximate surface area is 156 Å². The van der Waals surface area contributed by atoms with Crippen molar-refractivity contribution in [2.75, 3.05) is 16.0 Å². The number of benzene rings is 2. The molecule has 3 rings (SSSR count). The second kappa shape index (κ2) is 8.09. The van der Waals surface area contributed by atoms with Gasteiger partial charge in [-0.05, 0) is 43.3 Å². The second-order valence-corrected chi connectivity index (χ2v) is 5.89. The first-order chi connectivity index (χ1) is 13.0. The highest BCUT2D eigenvalue weighted by molar-refractivity contribution is 6.03. The second-order valence-electron chi connectivity index (χ2n) is 5.89. The molecule has 0 bridgehead atoms. The van der Waals surface area contributed by atoms with Crippen molar-refractivity contribution in [3.63, 3.8) is 0 Å². The topological polar surface area (TPSA) is 96.0 Å². The van der Waals surface area contributed by atoms with E-state index in [1.165, 1.54) is 6.92 Å². The van der Waals surface area contributed by atoms with Gasteiger partial charge in [-0.2, -0.15) is 0 Å². The molecule has 27 heavy (non-hydrogen) atoms. The van der Waals surface area contributed by atoms with E-state index in [1.54, 1.807) is 37.3 Å². The average molecular weight is 361 g/mol. The average Bonchev–Trinajstić information content (AvgIpc) is 2.63. The van der Waals surface area contributed by atoms with Crippen LogP contribution in [0.25, 0.3) is 0 Å². The largest absolute Gasteiger partial charge is 0.340 e. The molecule has 3 aromatic rings. The van der Waals surface area contributed by atoms with E-state index in [9.17, 15) is 9.59 Å². The zero-order valence-electron chi connectivity index (χ0n) is 15.0. The molecule has 0 fully saturated rings. The first-order valence-corrected chi connectivity index (χ1v) is 8.36. The zero-order chi connectivity index (χ0) is 19.2. The normalized spacial score (nSPS) is 10.1. The van der Waals surface area contributed by atoms with Gasteiger partial charge in [0.1, 0.15) is 17.3 Å². The molecule has 136 valence electrons. The fourth-order valence-corrected chi connectivity index (χ4v) is 2.45. The fraction of sp³-hybridized carbons (Fsp3) is 0.100. The van der Waals surface area contributed by atoms with Crippen molar-refractivity contribution in [1.29, 1.82) is 0 Å². The van der Waals surface area contributed by atoms with Crippen molar-refractivity contribution in [2.24, 2.45) is 0 Å². The highest BCUT2D eigenvalue weighted by Crippen LogP contribution is 2.17. The number of nitrogens with one attached hydrogen (secondary N) is 3. The van der Waals surface area contributed by atoms with Gasteiger partial charge in [-0.3, -0.25) is 9.59 Å². The van der Waals surface area contributed by atoms with Crippen LogP contribution in [0.3, 0.4) is 0 Å². The van der Waals surface area contributed by atoms with Crippen LogP contribution in [-0.2, 0) is 4.79 Å². The first-order valence-electron chi connectivity index (χ1n) is 8.36.